The number of aliphatic hydroxyl groups excluding tert-OH is 1. The van der Waals surface area contributed by atoms with Crippen molar-refractivity contribution >= 4 is 5.91 Å². The van der Waals surface area contributed by atoms with Gasteiger partial charge in [0, 0.05) is 12.5 Å². The Bertz CT molecular complexity index is 162. The average molecular weight is 171 g/mol. The molecule has 1 aliphatic rings. The molecule has 0 spiro atoms. The normalized spacial score (nSPS) is 30.6. The summed E-state index contributed by atoms with van der Waals surface area (Å²) < 4.78 is 0. The van der Waals surface area contributed by atoms with Gasteiger partial charge in [0.1, 0.15) is 0 Å². The number of aliphatic hydroxyl groups is 1. The highest BCUT2D eigenvalue weighted by Gasteiger charge is 2.31. The van der Waals surface area contributed by atoms with Crippen molar-refractivity contribution in [3.05, 3.63) is 0 Å². The molecule has 3 nitrogen and oxygen atoms in total. The van der Waals surface area contributed by atoms with Gasteiger partial charge in [0.2, 0.25) is 5.91 Å². The molecule has 0 aromatic carbocycles. The van der Waals surface area contributed by atoms with Gasteiger partial charge in [0.15, 0.2) is 0 Å². The van der Waals surface area contributed by atoms with Crippen LogP contribution in [0.25, 0.3) is 0 Å². The van der Waals surface area contributed by atoms with E-state index in [2.05, 4.69) is 12.2 Å². The maximum Gasteiger partial charge on any atom is 0.223 e. The van der Waals surface area contributed by atoms with Crippen LogP contribution in [-0.2, 0) is 4.79 Å². The molecule has 0 bridgehead atoms. The lowest BCUT2D eigenvalue weighted by atomic mass is 9.76. The van der Waals surface area contributed by atoms with Crippen molar-refractivity contribution in [1.29, 1.82) is 0 Å². The molecule has 1 saturated carbocycles. The first-order valence-corrected chi connectivity index (χ1v) is 4.55. The SMILES string of the molecule is CC1CC(C(=O)NC[C@@H](C)O)C1. The second-order valence-electron chi connectivity index (χ2n) is 3.87. The van der Waals surface area contributed by atoms with Crippen molar-refractivity contribution in [2.24, 2.45) is 11.8 Å². The highest BCUT2D eigenvalue weighted by molar-refractivity contribution is 5.79. The fraction of sp³-hybridized carbons (Fsp3) is 0.889. The predicted molar refractivity (Wildman–Crippen MR) is 46.6 cm³/mol. The van der Waals surface area contributed by atoms with Crippen molar-refractivity contribution in [1.82, 2.24) is 5.32 Å². The van der Waals surface area contributed by atoms with Crippen molar-refractivity contribution in [2.45, 2.75) is 32.8 Å². The first-order valence-electron chi connectivity index (χ1n) is 4.55. The zero-order chi connectivity index (χ0) is 9.14. The molecule has 0 saturated heterocycles. The van der Waals surface area contributed by atoms with Crippen molar-refractivity contribution in [3.63, 3.8) is 0 Å². The summed E-state index contributed by atoms with van der Waals surface area (Å²) in [6.07, 6.45) is 1.57. The van der Waals surface area contributed by atoms with E-state index >= 15 is 0 Å². The van der Waals surface area contributed by atoms with Crippen LogP contribution >= 0.6 is 0 Å². The van der Waals surface area contributed by atoms with E-state index in [0.717, 1.165) is 12.8 Å². The van der Waals surface area contributed by atoms with Crippen molar-refractivity contribution in [2.75, 3.05) is 6.54 Å². The van der Waals surface area contributed by atoms with E-state index in [0.29, 0.717) is 12.5 Å². The van der Waals surface area contributed by atoms with Gasteiger partial charge >= 0.3 is 0 Å². The monoisotopic (exact) mass is 171 g/mol. The molecule has 0 heterocycles. The molecular weight excluding hydrogens is 154 g/mol. The number of nitrogens with one attached hydrogen (secondary N) is 1. The van der Waals surface area contributed by atoms with E-state index in [4.69, 9.17) is 5.11 Å². The van der Waals surface area contributed by atoms with Crippen LogP contribution in [0.3, 0.4) is 0 Å². The fourth-order valence-electron chi connectivity index (χ4n) is 1.51. The van der Waals surface area contributed by atoms with Crippen molar-refractivity contribution in [3.8, 4) is 0 Å². The number of hydrogen-bond donors (Lipinski definition) is 2. The minimum atomic E-state index is -0.438. The summed E-state index contributed by atoms with van der Waals surface area (Å²) in [7, 11) is 0. The Morgan fingerprint density at radius 1 is 1.67 bits per heavy atom. The van der Waals surface area contributed by atoms with Crippen LogP contribution < -0.4 is 5.32 Å². The molecule has 0 unspecified atom stereocenters. The van der Waals surface area contributed by atoms with Crippen LogP contribution in [0.4, 0.5) is 0 Å². The molecule has 1 fully saturated rings. The Morgan fingerprint density at radius 2 is 2.25 bits per heavy atom. The van der Waals surface area contributed by atoms with E-state index in [1.54, 1.807) is 6.92 Å². The van der Waals surface area contributed by atoms with Gasteiger partial charge in [-0.3, -0.25) is 4.79 Å². The van der Waals surface area contributed by atoms with Gasteiger partial charge in [-0.2, -0.15) is 0 Å². The second kappa shape index (κ2) is 3.90. The number of carbonyl (C=O) groups excluding carboxylic acids is 1. The molecule has 0 aromatic heterocycles. The van der Waals surface area contributed by atoms with E-state index in [1.807, 2.05) is 0 Å². The zero-order valence-corrected chi connectivity index (χ0v) is 7.71. The highest BCUT2D eigenvalue weighted by atomic mass is 16.3. The van der Waals surface area contributed by atoms with Gasteiger partial charge < -0.3 is 10.4 Å². The van der Waals surface area contributed by atoms with Gasteiger partial charge in [-0.15, -0.1) is 0 Å². The lowest BCUT2D eigenvalue weighted by molar-refractivity contribution is -0.129. The maximum atomic E-state index is 11.3. The summed E-state index contributed by atoms with van der Waals surface area (Å²) in [5.74, 6) is 1.01. The number of rotatable bonds is 3. The second-order valence-corrected chi connectivity index (χ2v) is 3.87. The van der Waals surface area contributed by atoms with E-state index in [1.165, 1.54) is 0 Å². The number of amides is 1. The smallest absolute Gasteiger partial charge is 0.223 e. The summed E-state index contributed by atoms with van der Waals surface area (Å²) in [6, 6.07) is 0. The largest absolute Gasteiger partial charge is 0.392 e. The van der Waals surface area contributed by atoms with Crippen molar-refractivity contribution < 1.29 is 9.90 Å². The first-order chi connectivity index (χ1) is 5.59. The van der Waals surface area contributed by atoms with Crippen LogP contribution in [0.1, 0.15) is 26.7 Å². The molecule has 1 aliphatic carbocycles. The zero-order valence-electron chi connectivity index (χ0n) is 7.71. The minimum Gasteiger partial charge on any atom is -0.392 e. The third-order valence-electron chi connectivity index (χ3n) is 2.32. The quantitative estimate of drug-likeness (QED) is 0.650. The van der Waals surface area contributed by atoms with Gasteiger partial charge in [0.25, 0.3) is 0 Å². The Morgan fingerprint density at radius 3 is 2.67 bits per heavy atom. The predicted octanol–water partition coefficient (Wildman–Crippen LogP) is 0.529. The summed E-state index contributed by atoms with van der Waals surface area (Å²) in [4.78, 5) is 11.3. The Balaban J connectivity index is 2.13. The first kappa shape index (κ1) is 9.52. The van der Waals surface area contributed by atoms with Gasteiger partial charge in [-0.1, -0.05) is 6.92 Å². The Hall–Kier alpha value is -0.570. The van der Waals surface area contributed by atoms with Crippen LogP contribution in [0.2, 0.25) is 0 Å². The third-order valence-corrected chi connectivity index (χ3v) is 2.32. The molecular formula is C9H17NO2. The summed E-state index contributed by atoms with van der Waals surface area (Å²) in [6.45, 7) is 4.20. The molecule has 70 valence electrons. The molecule has 0 aliphatic heterocycles. The summed E-state index contributed by atoms with van der Waals surface area (Å²) >= 11 is 0. The maximum absolute atomic E-state index is 11.3. The standard InChI is InChI=1S/C9H17NO2/c1-6-3-8(4-6)9(12)10-5-7(2)11/h6-8,11H,3-5H2,1-2H3,(H,10,12)/t6?,7-,8?/m1/s1. The van der Waals surface area contributed by atoms with Gasteiger partial charge in [-0.05, 0) is 25.7 Å². The number of hydrogen-bond acceptors (Lipinski definition) is 2. The Labute approximate surface area is 73.2 Å². The molecule has 0 aromatic rings. The molecule has 1 amide bonds. The lowest BCUT2D eigenvalue weighted by Gasteiger charge is -2.31. The van der Waals surface area contributed by atoms with E-state index in [-0.39, 0.29) is 11.8 Å². The topological polar surface area (TPSA) is 49.3 Å². The van der Waals surface area contributed by atoms with Gasteiger partial charge in [-0.25, -0.2) is 0 Å². The molecule has 1 atom stereocenters. The van der Waals surface area contributed by atoms with Gasteiger partial charge in [0.05, 0.1) is 6.10 Å². The Kier molecular flexibility index (Phi) is 3.09. The molecule has 1 rings (SSSR count). The third kappa shape index (κ3) is 2.48. The molecule has 0 radical (unpaired) electrons. The van der Waals surface area contributed by atoms with E-state index in [9.17, 15) is 4.79 Å². The van der Waals surface area contributed by atoms with Crippen LogP contribution in [0, 0.1) is 11.8 Å². The molecule has 3 heteroatoms. The fourth-order valence-corrected chi connectivity index (χ4v) is 1.51. The summed E-state index contributed by atoms with van der Waals surface area (Å²) in [5, 5.41) is 11.6. The molecule has 2 N–H and O–H groups in total. The highest BCUT2D eigenvalue weighted by Crippen LogP contribution is 2.32. The molecule has 12 heavy (non-hydrogen) atoms. The minimum absolute atomic E-state index is 0.106. The lowest BCUT2D eigenvalue weighted by Crippen LogP contribution is -2.40. The number of carbonyl (C=O) groups is 1. The van der Waals surface area contributed by atoms with E-state index < -0.39 is 6.10 Å². The summed E-state index contributed by atoms with van der Waals surface area (Å²) in [5.41, 5.74) is 0. The average Bonchev–Trinajstić information content (AvgIpc) is 1.94. The van der Waals surface area contributed by atoms with Crippen LogP contribution in [0.15, 0.2) is 0 Å². The van der Waals surface area contributed by atoms with Crippen LogP contribution in [0.5, 0.6) is 0 Å². The van der Waals surface area contributed by atoms with Crippen LogP contribution in [-0.4, -0.2) is 23.7 Å².